The van der Waals surface area contributed by atoms with Crippen molar-refractivity contribution >= 4 is 11.6 Å². The number of hydrogen-bond acceptors (Lipinski definition) is 2. The molecule has 0 aliphatic carbocycles. The number of aliphatic hydroxyl groups is 1. The Hall–Kier alpha value is -0.780. The number of likely N-dealkylation sites (tertiary alicyclic amines) is 1. The number of alkyl halides is 3. The van der Waals surface area contributed by atoms with E-state index < -0.39 is 18.2 Å². The number of aliphatic hydroxyl groups excluding tert-OH is 1. The SMILES string of the molecule is OC(CCN1CCCC(C(F)(F)F)C1)c1ccc(Cl)cc1. The van der Waals surface area contributed by atoms with Gasteiger partial charge < -0.3 is 10.0 Å². The van der Waals surface area contributed by atoms with Crippen LogP contribution in [0.4, 0.5) is 13.2 Å². The van der Waals surface area contributed by atoms with Gasteiger partial charge in [-0.25, -0.2) is 0 Å². The third-order valence-corrected chi connectivity index (χ3v) is 4.19. The van der Waals surface area contributed by atoms with Gasteiger partial charge in [-0.15, -0.1) is 0 Å². The Morgan fingerprint density at radius 1 is 1.29 bits per heavy atom. The molecule has 0 aromatic heterocycles. The molecule has 1 aromatic rings. The van der Waals surface area contributed by atoms with Crippen molar-refractivity contribution in [1.29, 1.82) is 0 Å². The summed E-state index contributed by atoms with van der Waals surface area (Å²) in [6.07, 6.45) is -3.60. The van der Waals surface area contributed by atoms with Crippen molar-refractivity contribution in [2.45, 2.75) is 31.5 Å². The van der Waals surface area contributed by atoms with Crippen molar-refractivity contribution in [2.75, 3.05) is 19.6 Å². The van der Waals surface area contributed by atoms with Crippen LogP contribution in [0.3, 0.4) is 0 Å². The number of halogens is 4. The van der Waals surface area contributed by atoms with Gasteiger partial charge in [-0.3, -0.25) is 0 Å². The van der Waals surface area contributed by atoms with E-state index in [0.29, 0.717) is 31.0 Å². The smallest absolute Gasteiger partial charge is 0.388 e. The minimum atomic E-state index is -4.12. The second-order valence-electron chi connectivity index (χ2n) is 5.54. The van der Waals surface area contributed by atoms with Gasteiger partial charge in [-0.05, 0) is 43.5 Å². The Kier molecular flexibility index (Phi) is 5.52. The van der Waals surface area contributed by atoms with Crippen LogP contribution in [0.15, 0.2) is 24.3 Å². The van der Waals surface area contributed by atoms with E-state index in [4.69, 9.17) is 11.6 Å². The first-order chi connectivity index (χ1) is 9.86. The molecule has 1 aliphatic rings. The number of benzene rings is 1. The van der Waals surface area contributed by atoms with Crippen LogP contribution in [0.1, 0.15) is 30.9 Å². The highest BCUT2D eigenvalue weighted by atomic mass is 35.5. The molecule has 2 atom stereocenters. The van der Waals surface area contributed by atoms with E-state index in [9.17, 15) is 18.3 Å². The number of piperidine rings is 1. The summed E-state index contributed by atoms with van der Waals surface area (Å²) in [5, 5.41) is 10.7. The topological polar surface area (TPSA) is 23.5 Å². The summed E-state index contributed by atoms with van der Waals surface area (Å²) in [4.78, 5) is 1.79. The maximum atomic E-state index is 12.7. The van der Waals surface area contributed by atoms with Gasteiger partial charge in [0.1, 0.15) is 0 Å². The normalized spacial score (nSPS) is 22.2. The molecule has 2 rings (SSSR count). The van der Waals surface area contributed by atoms with Crippen LogP contribution in [0.2, 0.25) is 5.02 Å². The van der Waals surface area contributed by atoms with E-state index in [1.54, 1.807) is 29.2 Å². The van der Waals surface area contributed by atoms with Gasteiger partial charge in [0, 0.05) is 18.1 Å². The summed E-state index contributed by atoms with van der Waals surface area (Å²) in [5.41, 5.74) is 0.740. The molecule has 1 N–H and O–H groups in total. The van der Waals surface area contributed by atoms with E-state index in [1.165, 1.54) is 0 Å². The summed E-state index contributed by atoms with van der Waals surface area (Å²) in [7, 11) is 0. The first kappa shape index (κ1) is 16.6. The molecule has 1 aromatic carbocycles. The lowest BCUT2D eigenvalue weighted by atomic mass is 9.97. The zero-order valence-electron chi connectivity index (χ0n) is 11.6. The molecule has 0 bridgehead atoms. The maximum Gasteiger partial charge on any atom is 0.393 e. The number of rotatable bonds is 4. The standard InChI is InChI=1S/C15H19ClF3NO/c16-13-5-3-11(4-6-13)14(21)7-9-20-8-1-2-12(10-20)15(17,18)19/h3-6,12,14,21H,1-2,7-10H2. The maximum absolute atomic E-state index is 12.7. The third kappa shape index (κ3) is 4.87. The Morgan fingerprint density at radius 3 is 2.57 bits per heavy atom. The molecular weight excluding hydrogens is 303 g/mol. The summed E-state index contributed by atoms with van der Waals surface area (Å²) >= 11 is 5.78. The highest BCUT2D eigenvalue weighted by molar-refractivity contribution is 6.30. The second kappa shape index (κ2) is 6.99. The fourth-order valence-corrected chi connectivity index (χ4v) is 2.81. The zero-order valence-corrected chi connectivity index (χ0v) is 12.4. The number of nitrogens with zero attached hydrogens (tertiary/aromatic N) is 1. The quantitative estimate of drug-likeness (QED) is 0.904. The molecule has 1 fully saturated rings. The minimum Gasteiger partial charge on any atom is -0.388 e. The third-order valence-electron chi connectivity index (χ3n) is 3.94. The van der Waals surface area contributed by atoms with Crippen molar-refractivity contribution in [3.05, 3.63) is 34.9 Å². The predicted molar refractivity (Wildman–Crippen MR) is 76.2 cm³/mol. The lowest BCUT2D eigenvalue weighted by molar-refractivity contribution is -0.186. The van der Waals surface area contributed by atoms with Crippen molar-refractivity contribution in [1.82, 2.24) is 4.90 Å². The average molecular weight is 322 g/mol. The van der Waals surface area contributed by atoms with Gasteiger partial charge in [-0.1, -0.05) is 23.7 Å². The highest BCUT2D eigenvalue weighted by Crippen LogP contribution is 2.33. The Balaban J connectivity index is 1.83. The van der Waals surface area contributed by atoms with Crippen LogP contribution >= 0.6 is 11.6 Å². The van der Waals surface area contributed by atoms with E-state index in [0.717, 1.165) is 5.56 Å². The van der Waals surface area contributed by atoms with Gasteiger partial charge in [-0.2, -0.15) is 13.2 Å². The lowest BCUT2D eigenvalue weighted by Gasteiger charge is -2.34. The van der Waals surface area contributed by atoms with Crippen LogP contribution < -0.4 is 0 Å². The molecule has 0 amide bonds. The van der Waals surface area contributed by atoms with Gasteiger partial charge in [0.25, 0.3) is 0 Å². The van der Waals surface area contributed by atoms with Crippen LogP contribution in [-0.2, 0) is 0 Å². The lowest BCUT2D eigenvalue weighted by Crippen LogP contribution is -2.42. The van der Waals surface area contributed by atoms with E-state index in [1.807, 2.05) is 0 Å². The van der Waals surface area contributed by atoms with Crippen LogP contribution in [0.5, 0.6) is 0 Å². The molecule has 0 radical (unpaired) electrons. The Morgan fingerprint density at radius 2 is 1.95 bits per heavy atom. The first-order valence-corrected chi connectivity index (χ1v) is 7.46. The van der Waals surface area contributed by atoms with Crippen LogP contribution in [0, 0.1) is 5.92 Å². The summed E-state index contributed by atoms with van der Waals surface area (Å²) in [6, 6.07) is 6.87. The summed E-state index contributed by atoms with van der Waals surface area (Å²) in [6.45, 7) is 1.17. The number of hydrogen-bond donors (Lipinski definition) is 1. The average Bonchev–Trinajstić information content (AvgIpc) is 2.45. The molecule has 1 saturated heterocycles. The van der Waals surface area contributed by atoms with Gasteiger partial charge in [0.2, 0.25) is 0 Å². The molecule has 0 spiro atoms. The van der Waals surface area contributed by atoms with E-state index in [-0.39, 0.29) is 13.0 Å². The fraction of sp³-hybridized carbons (Fsp3) is 0.600. The van der Waals surface area contributed by atoms with E-state index >= 15 is 0 Å². The molecule has 1 aliphatic heterocycles. The first-order valence-electron chi connectivity index (χ1n) is 7.09. The Labute approximate surface area is 127 Å². The molecule has 6 heteroatoms. The van der Waals surface area contributed by atoms with Crippen molar-refractivity contribution < 1.29 is 18.3 Å². The predicted octanol–water partition coefficient (Wildman–Crippen LogP) is 4.04. The fourth-order valence-electron chi connectivity index (χ4n) is 2.68. The molecular formula is C15H19ClF3NO. The molecule has 2 nitrogen and oxygen atoms in total. The summed E-state index contributed by atoms with van der Waals surface area (Å²) < 4.78 is 38.2. The molecule has 1 heterocycles. The highest BCUT2D eigenvalue weighted by Gasteiger charge is 2.41. The van der Waals surface area contributed by atoms with Crippen molar-refractivity contribution in [2.24, 2.45) is 5.92 Å². The monoisotopic (exact) mass is 321 g/mol. The van der Waals surface area contributed by atoms with E-state index in [2.05, 4.69) is 0 Å². The van der Waals surface area contributed by atoms with Gasteiger partial charge in [0.05, 0.1) is 12.0 Å². The molecule has 2 unspecified atom stereocenters. The Bertz CT molecular complexity index is 449. The minimum absolute atomic E-state index is 0.0385. The van der Waals surface area contributed by atoms with Crippen molar-refractivity contribution in [3.63, 3.8) is 0 Å². The van der Waals surface area contributed by atoms with Crippen molar-refractivity contribution in [3.8, 4) is 0 Å². The largest absolute Gasteiger partial charge is 0.393 e. The summed E-state index contributed by atoms with van der Waals surface area (Å²) in [5.74, 6) is -1.24. The molecule has 0 saturated carbocycles. The van der Waals surface area contributed by atoms with Gasteiger partial charge >= 0.3 is 6.18 Å². The molecule has 21 heavy (non-hydrogen) atoms. The zero-order chi connectivity index (χ0) is 15.5. The van der Waals surface area contributed by atoms with Gasteiger partial charge in [0.15, 0.2) is 0 Å². The molecule has 118 valence electrons. The second-order valence-corrected chi connectivity index (χ2v) is 5.97. The van der Waals surface area contributed by atoms with Crippen LogP contribution in [0.25, 0.3) is 0 Å². The van der Waals surface area contributed by atoms with Crippen LogP contribution in [-0.4, -0.2) is 35.8 Å².